The number of nitrogens with one attached hydrogen (secondary N) is 3. The van der Waals surface area contributed by atoms with Crippen molar-refractivity contribution >= 4 is 45.5 Å². The lowest BCUT2D eigenvalue weighted by atomic mass is 9.78. The predicted octanol–water partition coefficient (Wildman–Crippen LogP) is -1.53. The number of nitrogens with two attached hydrogens (primary N) is 1. The fourth-order valence-electron chi connectivity index (χ4n) is 5.98. The van der Waals surface area contributed by atoms with Gasteiger partial charge >= 0.3 is 12.4 Å². The van der Waals surface area contributed by atoms with Gasteiger partial charge in [0.2, 0.25) is 21.8 Å². The molecule has 40 heavy (non-hydrogen) atoms. The molecule has 0 spiro atoms. The van der Waals surface area contributed by atoms with Gasteiger partial charge in [-0.05, 0) is 19.8 Å². The number of carbonyl (C=O) groups is 4. The third kappa shape index (κ3) is 5.98. The lowest BCUT2D eigenvalue weighted by Crippen LogP contribution is -2.66. The van der Waals surface area contributed by atoms with E-state index >= 15 is 0 Å². The summed E-state index contributed by atoms with van der Waals surface area (Å²) in [6, 6.07) is -2.42. The molecule has 0 aliphatic carbocycles. The van der Waals surface area contributed by atoms with Crippen molar-refractivity contribution in [3.8, 4) is 0 Å². The van der Waals surface area contributed by atoms with Crippen LogP contribution in [-0.2, 0) is 29.2 Å². The molecule has 3 saturated heterocycles. The van der Waals surface area contributed by atoms with Gasteiger partial charge in [-0.25, -0.2) is 17.9 Å². The van der Waals surface area contributed by atoms with Crippen molar-refractivity contribution in [2.45, 2.75) is 62.5 Å². The summed E-state index contributed by atoms with van der Waals surface area (Å²) in [5.74, 6) is -4.94. The molecule has 3 amide bonds. The quantitative estimate of drug-likeness (QED) is 0.172. The molecule has 13 nitrogen and oxygen atoms in total. The van der Waals surface area contributed by atoms with Gasteiger partial charge in [-0.2, -0.15) is 8.78 Å². The van der Waals surface area contributed by atoms with Crippen LogP contribution in [0.3, 0.4) is 0 Å². The van der Waals surface area contributed by atoms with Crippen LogP contribution in [0.15, 0.2) is 10.6 Å². The van der Waals surface area contributed by atoms with Gasteiger partial charge in [0, 0.05) is 54.3 Å². The van der Waals surface area contributed by atoms with Crippen LogP contribution in [0.4, 0.5) is 8.78 Å². The van der Waals surface area contributed by atoms with Crippen molar-refractivity contribution in [2.24, 2.45) is 17.6 Å². The molecule has 0 saturated carbocycles. The molecule has 3 fully saturated rings. The number of sulfonamides is 1. The van der Waals surface area contributed by atoms with Crippen molar-refractivity contribution in [1.82, 2.24) is 25.2 Å². The molecular formula is C23H34F2N6O7S2. The molecule has 7 atom stereocenters. The van der Waals surface area contributed by atoms with Crippen molar-refractivity contribution in [3.63, 3.8) is 0 Å². The summed E-state index contributed by atoms with van der Waals surface area (Å²) in [6.07, 6.45) is -2.35. The number of alkyl halides is 2. The van der Waals surface area contributed by atoms with Gasteiger partial charge in [-0.15, -0.1) is 11.8 Å². The Morgan fingerprint density at radius 1 is 1.30 bits per heavy atom. The molecule has 4 aliphatic heterocycles. The Labute approximate surface area is 234 Å². The van der Waals surface area contributed by atoms with Gasteiger partial charge in [0.15, 0.2) is 0 Å². The third-order valence-electron chi connectivity index (χ3n) is 7.81. The second kappa shape index (κ2) is 11.9. The average Bonchev–Trinajstić information content (AvgIpc) is 3.57. The zero-order valence-electron chi connectivity index (χ0n) is 22.0. The van der Waals surface area contributed by atoms with Gasteiger partial charge in [-0.1, -0.05) is 6.92 Å². The Morgan fingerprint density at radius 2 is 2.00 bits per heavy atom. The van der Waals surface area contributed by atoms with Crippen LogP contribution < -0.4 is 21.1 Å². The minimum Gasteiger partial charge on any atom is -0.477 e. The van der Waals surface area contributed by atoms with Crippen molar-refractivity contribution in [2.75, 3.05) is 31.9 Å². The maximum absolute atomic E-state index is 13.1. The second-order valence-electron chi connectivity index (χ2n) is 10.6. The molecule has 0 aromatic heterocycles. The molecule has 0 radical (unpaired) electrons. The van der Waals surface area contributed by atoms with E-state index < -0.39 is 70.2 Å². The zero-order valence-corrected chi connectivity index (χ0v) is 23.6. The largest absolute Gasteiger partial charge is 0.477 e. The predicted molar refractivity (Wildman–Crippen MR) is 140 cm³/mol. The minimum absolute atomic E-state index is 0.00396. The highest BCUT2D eigenvalue weighted by Crippen LogP contribution is 2.51. The van der Waals surface area contributed by atoms with E-state index in [9.17, 15) is 41.5 Å². The Hall–Kier alpha value is -2.34. The average molecular weight is 609 g/mol. The van der Waals surface area contributed by atoms with Crippen molar-refractivity contribution in [1.29, 1.82) is 0 Å². The normalized spacial score (nSPS) is 31.0. The standard InChI is InChI=1S/C23H34F2N6O7S2/c1-10-16-15(11(2)28-20(32)19(24)25)22(34)31(16)17(23(35)36)18(10)39-13-7-14(27-8-13)21(33)30-5-3-12(9-30)29-40(37,38)6-4-26/h10-16,19,27,29H,3-9,26H2,1-2H3,(H,28,32)(H,35,36)/t10-,11-,12+,13+,14+,15-,16-/m1/s1. The minimum atomic E-state index is -3.52. The number of nitrogens with zero attached hydrogens (tertiary/aromatic N) is 2. The molecule has 4 rings (SSSR count). The number of carboxylic acids is 1. The highest BCUT2D eigenvalue weighted by atomic mass is 32.2. The van der Waals surface area contributed by atoms with Crippen LogP contribution in [0.5, 0.6) is 0 Å². The van der Waals surface area contributed by atoms with Gasteiger partial charge < -0.3 is 31.3 Å². The van der Waals surface area contributed by atoms with Crippen LogP contribution in [0.1, 0.15) is 26.7 Å². The first-order valence-electron chi connectivity index (χ1n) is 13.0. The molecule has 6 N–H and O–H groups in total. The van der Waals surface area contributed by atoms with E-state index in [0.717, 1.165) is 0 Å². The Kier molecular flexibility index (Phi) is 9.09. The molecule has 0 aromatic rings. The van der Waals surface area contributed by atoms with Crippen LogP contribution >= 0.6 is 11.8 Å². The molecule has 4 aliphatic rings. The zero-order chi connectivity index (χ0) is 29.5. The first kappa shape index (κ1) is 30.6. The molecule has 224 valence electrons. The van der Waals surface area contributed by atoms with Crippen LogP contribution in [-0.4, -0.2) is 115 Å². The summed E-state index contributed by atoms with van der Waals surface area (Å²) in [5.41, 5.74) is 5.18. The SMILES string of the molecule is C[C@@H](NC(=O)C(F)F)[C@H]1C(=O)N2C(C(=O)O)=C(S[C@@H]3CN[C@H](C(=O)N4CC[C@H](NS(=O)(=O)CCN)C4)C3)[C@H](C)[C@H]12. The van der Waals surface area contributed by atoms with E-state index in [1.54, 1.807) is 11.8 Å². The summed E-state index contributed by atoms with van der Waals surface area (Å²) in [7, 11) is -3.52. The van der Waals surface area contributed by atoms with Gasteiger partial charge in [-0.3, -0.25) is 14.4 Å². The fourth-order valence-corrected chi connectivity index (χ4v) is 8.59. The molecule has 0 bridgehead atoms. The molecule has 0 aromatic carbocycles. The number of β-lactam (4-membered cyclic amide) rings is 1. The first-order chi connectivity index (χ1) is 18.8. The number of carboxylic acid groups (broad SMARTS) is 1. The highest BCUT2D eigenvalue weighted by Gasteiger charge is 2.60. The van der Waals surface area contributed by atoms with Crippen LogP contribution in [0.2, 0.25) is 0 Å². The van der Waals surface area contributed by atoms with E-state index in [2.05, 4.69) is 15.4 Å². The number of aliphatic carboxylic acids is 1. The molecule has 4 heterocycles. The van der Waals surface area contributed by atoms with Crippen molar-refractivity contribution in [3.05, 3.63) is 10.6 Å². The number of rotatable bonds is 11. The Morgan fingerprint density at radius 3 is 2.62 bits per heavy atom. The lowest BCUT2D eigenvalue weighted by Gasteiger charge is -2.47. The summed E-state index contributed by atoms with van der Waals surface area (Å²) in [6.45, 7) is 4.25. The third-order valence-corrected chi connectivity index (χ3v) is 10.8. The maximum atomic E-state index is 13.1. The number of thioether (sulfide) groups is 1. The van der Waals surface area contributed by atoms with E-state index in [0.29, 0.717) is 30.8 Å². The maximum Gasteiger partial charge on any atom is 0.353 e. The Bertz CT molecular complexity index is 1200. The van der Waals surface area contributed by atoms with Crippen LogP contribution in [0.25, 0.3) is 0 Å². The highest BCUT2D eigenvalue weighted by molar-refractivity contribution is 8.03. The summed E-state index contributed by atoms with van der Waals surface area (Å²) >= 11 is 1.28. The van der Waals surface area contributed by atoms with E-state index in [4.69, 9.17) is 5.73 Å². The molecule has 0 unspecified atom stereocenters. The second-order valence-corrected chi connectivity index (χ2v) is 13.8. The molecular weight excluding hydrogens is 574 g/mol. The number of amides is 3. The van der Waals surface area contributed by atoms with E-state index in [-0.39, 0.29) is 35.7 Å². The monoisotopic (exact) mass is 608 g/mol. The Balaban J connectivity index is 1.37. The molecule has 17 heteroatoms. The van der Waals surface area contributed by atoms with Crippen molar-refractivity contribution < 1.29 is 41.5 Å². The van der Waals surface area contributed by atoms with Gasteiger partial charge in [0.05, 0.1) is 23.8 Å². The number of carbonyl (C=O) groups excluding carboxylic acids is 3. The summed E-state index contributed by atoms with van der Waals surface area (Å²) < 4.78 is 52.0. The summed E-state index contributed by atoms with van der Waals surface area (Å²) in [4.78, 5) is 52.9. The van der Waals surface area contributed by atoms with Gasteiger partial charge in [0.1, 0.15) is 5.70 Å². The first-order valence-corrected chi connectivity index (χ1v) is 15.6. The van der Waals surface area contributed by atoms with Crippen LogP contribution in [0, 0.1) is 11.8 Å². The number of hydrogen-bond acceptors (Lipinski definition) is 9. The lowest BCUT2D eigenvalue weighted by molar-refractivity contribution is -0.159. The number of halogens is 2. The number of likely N-dealkylation sites (tertiary alicyclic amines) is 1. The smallest absolute Gasteiger partial charge is 0.353 e. The van der Waals surface area contributed by atoms with E-state index in [1.165, 1.54) is 23.6 Å². The topological polar surface area (TPSA) is 191 Å². The number of hydrogen-bond donors (Lipinski definition) is 5. The van der Waals surface area contributed by atoms with Gasteiger partial charge in [0.25, 0.3) is 5.91 Å². The number of fused-ring (bicyclic) bond motifs is 1. The summed E-state index contributed by atoms with van der Waals surface area (Å²) in [5, 5.41) is 15.0. The fraction of sp³-hybridized carbons (Fsp3) is 0.739. The van der Waals surface area contributed by atoms with E-state index in [1.807, 2.05) is 0 Å².